The number of benzene rings is 2. The average molecular weight is 456 g/mol. The molecule has 1 aliphatic heterocycles. The van der Waals surface area contributed by atoms with Crippen LogP contribution in [-0.2, 0) is 4.79 Å². The predicted octanol–water partition coefficient (Wildman–Crippen LogP) is 6.01. The summed E-state index contributed by atoms with van der Waals surface area (Å²) in [5.41, 5.74) is 2.37. The number of nitrogens with zero attached hydrogens (tertiary/aromatic N) is 1. The van der Waals surface area contributed by atoms with Gasteiger partial charge >= 0.3 is 5.97 Å². The van der Waals surface area contributed by atoms with E-state index in [1.54, 1.807) is 24.3 Å². The third-order valence-corrected chi connectivity index (χ3v) is 6.10. The molecule has 0 aliphatic carbocycles. The zero-order valence-electron chi connectivity index (χ0n) is 15.6. The van der Waals surface area contributed by atoms with Crippen LogP contribution >= 0.6 is 35.6 Å². The van der Waals surface area contributed by atoms with Crippen molar-refractivity contribution in [3.63, 3.8) is 0 Å². The zero-order chi connectivity index (χ0) is 21.4. The van der Waals surface area contributed by atoms with E-state index in [-0.39, 0.29) is 16.5 Å². The fourth-order valence-corrected chi connectivity index (χ4v) is 4.42. The van der Waals surface area contributed by atoms with Crippen LogP contribution in [0.5, 0.6) is 0 Å². The molecular weight excluding hydrogens is 442 g/mol. The Morgan fingerprint density at radius 3 is 2.60 bits per heavy atom. The fraction of sp³-hybridized carbons (Fsp3) is 0.0455. The number of aromatic carboxylic acids is 1. The maximum atomic E-state index is 12.9. The van der Waals surface area contributed by atoms with Crippen LogP contribution in [0.4, 0.5) is 5.69 Å². The van der Waals surface area contributed by atoms with Gasteiger partial charge in [0.05, 0.1) is 21.2 Å². The zero-order valence-corrected chi connectivity index (χ0v) is 18.0. The Morgan fingerprint density at radius 1 is 1.17 bits per heavy atom. The number of anilines is 1. The second kappa shape index (κ2) is 8.10. The molecule has 8 heteroatoms. The number of carbonyl (C=O) groups is 2. The monoisotopic (exact) mass is 455 g/mol. The SMILES string of the molecule is Cc1ccc(N2C(=O)/C(=C\c3ccc(-c4ccc(Cl)c(C(=O)O)c4)o3)SC2=S)cc1. The van der Waals surface area contributed by atoms with E-state index in [2.05, 4.69) is 0 Å². The highest BCUT2D eigenvalue weighted by molar-refractivity contribution is 8.27. The number of furan rings is 1. The van der Waals surface area contributed by atoms with Crippen molar-refractivity contribution in [2.75, 3.05) is 4.90 Å². The van der Waals surface area contributed by atoms with Crippen LogP contribution in [-0.4, -0.2) is 21.3 Å². The maximum Gasteiger partial charge on any atom is 0.337 e. The largest absolute Gasteiger partial charge is 0.478 e. The van der Waals surface area contributed by atoms with Crippen LogP contribution < -0.4 is 4.90 Å². The molecule has 1 amide bonds. The lowest BCUT2D eigenvalue weighted by molar-refractivity contribution is -0.113. The van der Waals surface area contributed by atoms with Crippen molar-refractivity contribution in [3.05, 3.63) is 81.4 Å². The highest BCUT2D eigenvalue weighted by Crippen LogP contribution is 2.37. The second-order valence-corrected chi connectivity index (χ2v) is 8.64. The molecule has 1 aromatic heterocycles. The first-order valence-corrected chi connectivity index (χ1v) is 10.4. The van der Waals surface area contributed by atoms with Gasteiger partial charge in [-0.05, 0) is 49.4 Å². The Morgan fingerprint density at radius 2 is 1.90 bits per heavy atom. The molecule has 0 bridgehead atoms. The molecule has 3 aromatic rings. The minimum atomic E-state index is -1.12. The summed E-state index contributed by atoms with van der Waals surface area (Å²) in [7, 11) is 0. The van der Waals surface area contributed by atoms with Gasteiger partial charge in [0, 0.05) is 11.6 Å². The van der Waals surface area contributed by atoms with Crippen molar-refractivity contribution in [3.8, 4) is 11.3 Å². The number of carboxylic acids is 1. The summed E-state index contributed by atoms with van der Waals surface area (Å²) in [5.74, 6) is -0.407. The van der Waals surface area contributed by atoms with Gasteiger partial charge in [0.15, 0.2) is 4.32 Å². The summed E-state index contributed by atoms with van der Waals surface area (Å²) in [6, 6.07) is 15.6. The van der Waals surface area contributed by atoms with Crippen LogP contribution in [0.15, 0.2) is 63.9 Å². The van der Waals surface area contributed by atoms with Gasteiger partial charge in [0.25, 0.3) is 5.91 Å². The third-order valence-electron chi connectivity index (χ3n) is 4.47. The molecule has 5 nitrogen and oxygen atoms in total. The third kappa shape index (κ3) is 3.92. The Balaban J connectivity index is 1.61. The van der Waals surface area contributed by atoms with Crippen molar-refractivity contribution in [2.24, 2.45) is 0 Å². The van der Waals surface area contributed by atoms with Crippen LogP contribution in [0.2, 0.25) is 5.02 Å². The van der Waals surface area contributed by atoms with Crippen LogP contribution in [0.3, 0.4) is 0 Å². The molecule has 1 saturated heterocycles. The van der Waals surface area contributed by atoms with Gasteiger partial charge in [-0.15, -0.1) is 0 Å². The molecule has 0 unspecified atom stereocenters. The van der Waals surface area contributed by atoms with Crippen molar-refractivity contribution in [1.82, 2.24) is 0 Å². The van der Waals surface area contributed by atoms with Crippen LogP contribution in [0.25, 0.3) is 17.4 Å². The first-order valence-electron chi connectivity index (χ1n) is 8.81. The highest BCUT2D eigenvalue weighted by Gasteiger charge is 2.33. The van der Waals surface area contributed by atoms with Gasteiger partial charge in [0.2, 0.25) is 0 Å². The topological polar surface area (TPSA) is 70.8 Å². The summed E-state index contributed by atoms with van der Waals surface area (Å²) >= 11 is 12.5. The van der Waals surface area contributed by atoms with Gasteiger partial charge in [0.1, 0.15) is 11.5 Å². The molecule has 0 radical (unpaired) electrons. The lowest BCUT2D eigenvalue weighted by Crippen LogP contribution is -2.27. The van der Waals surface area contributed by atoms with E-state index in [1.165, 1.54) is 28.8 Å². The number of rotatable bonds is 4. The van der Waals surface area contributed by atoms with Crippen molar-refractivity contribution < 1.29 is 19.1 Å². The van der Waals surface area contributed by atoms with Gasteiger partial charge in [-0.2, -0.15) is 0 Å². The number of carboxylic acid groups (broad SMARTS) is 1. The lowest BCUT2D eigenvalue weighted by atomic mass is 10.1. The number of halogens is 1. The number of hydrogen-bond acceptors (Lipinski definition) is 5. The van der Waals surface area contributed by atoms with E-state index < -0.39 is 5.97 Å². The van der Waals surface area contributed by atoms with E-state index in [0.29, 0.717) is 32.0 Å². The molecule has 0 atom stereocenters. The van der Waals surface area contributed by atoms with Gasteiger partial charge < -0.3 is 9.52 Å². The molecule has 1 fully saturated rings. The molecule has 30 heavy (non-hydrogen) atoms. The Hall–Kier alpha value is -2.87. The quantitative estimate of drug-likeness (QED) is 0.383. The Labute approximate surface area is 186 Å². The minimum Gasteiger partial charge on any atom is -0.478 e. The molecule has 1 N–H and O–H groups in total. The summed E-state index contributed by atoms with van der Waals surface area (Å²) in [6.45, 7) is 1.97. The van der Waals surface area contributed by atoms with Gasteiger partial charge in [-0.25, -0.2) is 4.79 Å². The van der Waals surface area contributed by atoms with Crippen molar-refractivity contribution in [1.29, 1.82) is 0 Å². The first kappa shape index (κ1) is 20.4. The predicted molar refractivity (Wildman–Crippen MR) is 123 cm³/mol. The molecule has 0 spiro atoms. The molecule has 0 saturated carbocycles. The van der Waals surface area contributed by atoms with Gasteiger partial charge in [-0.3, -0.25) is 9.69 Å². The maximum absolute atomic E-state index is 12.9. The average Bonchev–Trinajstić information content (AvgIpc) is 3.28. The molecule has 2 heterocycles. The summed E-state index contributed by atoms with van der Waals surface area (Å²) in [4.78, 5) is 26.1. The second-order valence-electron chi connectivity index (χ2n) is 6.55. The minimum absolute atomic E-state index is 0.00825. The first-order chi connectivity index (χ1) is 14.3. The van der Waals surface area contributed by atoms with Crippen molar-refractivity contribution >= 4 is 63.5 Å². The molecular formula is C22H14ClNO4S2. The van der Waals surface area contributed by atoms with E-state index in [9.17, 15) is 14.7 Å². The normalized spacial score (nSPS) is 15.3. The number of thioether (sulfide) groups is 1. The molecule has 2 aromatic carbocycles. The Bertz CT molecular complexity index is 1210. The standard InChI is InChI=1S/C22H14ClNO4S2/c1-12-2-5-14(6-3-12)24-20(25)19(30-22(24)29)11-15-7-9-18(28-15)13-4-8-17(23)16(10-13)21(26)27/h2-11H,1H3,(H,26,27)/b19-11+. The number of thiocarbonyl (C=S) groups is 1. The van der Waals surface area contributed by atoms with Crippen LogP contribution in [0.1, 0.15) is 21.7 Å². The molecule has 4 rings (SSSR count). The number of amides is 1. The van der Waals surface area contributed by atoms with E-state index >= 15 is 0 Å². The smallest absolute Gasteiger partial charge is 0.337 e. The lowest BCUT2D eigenvalue weighted by Gasteiger charge is -2.14. The highest BCUT2D eigenvalue weighted by atomic mass is 35.5. The number of carbonyl (C=O) groups excluding carboxylic acids is 1. The molecule has 1 aliphatic rings. The fourth-order valence-electron chi connectivity index (χ4n) is 2.94. The van der Waals surface area contributed by atoms with Crippen molar-refractivity contribution in [2.45, 2.75) is 6.92 Å². The van der Waals surface area contributed by atoms with Crippen LogP contribution in [0, 0.1) is 6.92 Å². The van der Waals surface area contributed by atoms with E-state index in [0.717, 1.165) is 5.56 Å². The number of aryl methyl sites for hydroxylation is 1. The summed E-state index contributed by atoms with van der Waals surface area (Å²) in [5, 5.41) is 9.39. The number of hydrogen-bond donors (Lipinski definition) is 1. The van der Waals surface area contributed by atoms with E-state index in [1.807, 2.05) is 31.2 Å². The Kier molecular flexibility index (Phi) is 5.51. The summed E-state index contributed by atoms with van der Waals surface area (Å²) < 4.78 is 6.26. The van der Waals surface area contributed by atoms with E-state index in [4.69, 9.17) is 28.2 Å². The van der Waals surface area contributed by atoms with Gasteiger partial charge in [-0.1, -0.05) is 53.3 Å². The molecule has 150 valence electrons. The summed E-state index contributed by atoms with van der Waals surface area (Å²) in [6.07, 6.45) is 1.63.